The minimum absolute atomic E-state index is 0.134. The molecule has 1 fully saturated rings. The summed E-state index contributed by atoms with van der Waals surface area (Å²) in [5.41, 5.74) is 11.8. The van der Waals surface area contributed by atoms with E-state index in [1.165, 1.54) is 0 Å². The molecule has 0 aliphatic heterocycles. The molecule has 0 bridgehead atoms. The van der Waals surface area contributed by atoms with Crippen molar-refractivity contribution >= 4 is 21.8 Å². The molecular formula is C15H22BrN3O. The van der Waals surface area contributed by atoms with Crippen molar-refractivity contribution in [3.63, 3.8) is 0 Å². The van der Waals surface area contributed by atoms with Gasteiger partial charge in [0, 0.05) is 10.5 Å². The van der Waals surface area contributed by atoms with Gasteiger partial charge in [0.05, 0.1) is 0 Å². The van der Waals surface area contributed by atoms with Crippen LogP contribution >= 0.6 is 15.9 Å². The Morgan fingerprint density at radius 2 is 2.05 bits per heavy atom. The van der Waals surface area contributed by atoms with Crippen molar-refractivity contribution in [1.82, 2.24) is 5.32 Å². The first-order chi connectivity index (χ1) is 9.45. The van der Waals surface area contributed by atoms with Crippen LogP contribution in [0.4, 0.5) is 0 Å². The summed E-state index contributed by atoms with van der Waals surface area (Å²) in [7, 11) is 0. The van der Waals surface area contributed by atoms with Crippen LogP contribution < -0.4 is 16.8 Å². The van der Waals surface area contributed by atoms with Crippen molar-refractivity contribution in [3.8, 4) is 0 Å². The highest BCUT2D eigenvalue weighted by molar-refractivity contribution is 9.10. The number of hydrogen-bond donors (Lipinski definition) is 3. The highest BCUT2D eigenvalue weighted by Crippen LogP contribution is 2.26. The number of halogens is 1. The quantitative estimate of drug-likeness (QED) is 0.783. The van der Waals surface area contributed by atoms with Gasteiger partial charge in [-0.3, -0.25) is 4.79 Å². The van der Waals surface area contributed by atoms with Gasteiger partial charge in [-0.05, 0) is 49.9 Å². The van der Waals surface area contributed by atoms with Gasteiger partial charge in [0.1, 0.15) is 5.54 Å². The zero-order chi connectivity index (χ0) is 14.8. The number of carbonyl (C=O) groups excluding carboxylic acids is 1. The van der Waals surface area contributed by atoms with Crippen LogP contribution in [0.1, 0.15) is 31.7 Å². The summed E-state index contributed by atoms with van der Waals surface area (Å²) < 4.78 is 0.969. The Morgan fingerprint density at radius 1 is 1.40 bits per heavy atom. The summed E-state index contributed by atoms with van der Waals surface area (Å²) in [5, 5.41) is 3.08. The van der Waals surface area contributed by atoms with E-state index in [0.29, 0.717) is 12.5 Å². The Kier molecular flexibility index (Phi) is 4.83. The van der Waals surface area contributed by atoms with Crippen molar-refractivity contribution in [3.05, 3.63) is 34.3 Å². The SMILES string of the molecule is CC(N)(C(=O)NC1CCCC1CN)c1ccc(Br)cc1. The third-order valence-corrected chi connectivity index (χ3v) is 4.72. The fourth-order valence-corrected chi connectivity index (χ4v) is 3.02. The lowest BCUT2D eigenvalue weighted by molar-refractivity contribution is -0.127. The lowest BCUT2D eigenvalue weighted by Crippen LogP contribution is -2.53. The molecule has 1 amide bonds. The summed E-state index contributed by atoms with van der Waals surface area (Å²) >= 11 is 3.38. The summed E-state index contributed by atoms with van der Waals surface area (Å²) in [4.78, 5) is 12.5. The van der Waals surface area contributed by atoms with Crippen LogP contribution in [-0.2, 0) is 10.3 Å². The second kappa shape index (κ2) is 6.24. The van der Waals surface area contributed by atoms with E-state index in [1.807, 2.05) is 24.3 Å². The fraction of sp³-hybridized carbons (Fsp3) is 0.533. The molecular weight excluding hydrogens is 318 g/mol. The zero-order valence-electron chi connectivity index (χ0n) is 11.7. The van der Waals surface area contributed by atoms with E-state index in [0.717, 1.165) is 29.3 Å². The van der Waals surface area contributed by atoms with Crippen LogP contribution in [-0.4, -0.2) is 18.5 Å². The highest BCUT2D eigenvalue weighted by Gasteiger charge is 2.35. The second-order valence-corrected chi connectivity index (χ2v) is 6.63. The summed E-state index contributed by atoms with van der Waals surface area (Å²) in [6.45, 7) is 2.36. The van der Waals surface area contributed by atoms with Crippen molar-refractivity contribution in [2.45, 2.75) is 37.8 Å². The second-order valence-electron chi connectivity index (χ2n) is 5.72. The minimum atomic E-state index is -1.03. The molecule has 0 saturated heterocycles. The number of nitrogens with two attached hydrogens (primary N) is 2. The summed E-state index contributed by atoms with van der Waals surface area (Å²) in [6.07, 6.45) is 3.19. The number of rotatable bonds is 4. The van der Waals surface area contributed by atoms with Crippen LogP contribution in [0.5, 0.6) is 0 Å². The topological polar surface area (TPSA) is 81.1 Å². The summed E-state index contributed by atoms with van der Waals surface area (Å²) in [6, 6.07) is 7.70. The van der Waals surface area contributed by atoms with Crippen LogP contribution in [0.2, 0.25) is 0 Å². The molecule has 20 heavy (non-hydrogen) atoms. The van der Waals surface area contributed by atoms with E-state index in [4.69, 9.17) is 11.5 Å². The predicted octanol–water partition coefficient (Wildman–Crippen LogP) is 1.87. The molecule has 110 valence electrons. The molecule has 5 heteroatoms. The fourth-order valence-electron chi connectivity index (χ4n) is 2.75. The van der Waals surface area contributed by atoms with E-state index in [2.05, 4.69) is 21.2 Å². The van der Waals surface area contributed by atoms with Crippen LogP contribution in [0.25, 0.3) is 0 Å². The van der Waals surface area contributed by atoms with Gasteiger partial charge < -0.3 is 16.8 Å². The van der Waals surface area contributed by atoms with Gasteiger partial charge >= 0.3 is 0 Å². The molecule has 3 atom stereocenters. The Hall–Kier alpha value is -0.910. The first-order valence-corrected chi connectivity index (χ1v) is 7.80. The van der Waals surface area contributed by atoms with E-state index < -0.39 is 5.54 Å². The first kappa shape index (κ1) is 15.5. The van der Waals surface area contributed by atoms with Crippen molar-refractivity contribution in [1.29, 1.82) is 0 Å². The maximum atomic E-state index is 12.5. The molecule has 0 heterocycles. The van der Waals surface area contributed by atoms with Gasteiger partial charge in [0.25, 0.3) is 0 Å². The minimum Gasteiger partial charge on any atom is -0.351 e. The third kappa shape index (κ3) is 3.22. The van der Waals surface area contributed by atoms with Gasteiger partial charge in [0.15, 0.2) is 0 Å². The Balaban J connectivity index is 2.09. The third-order valence-electron chi connectivity index (χ3n) is 4.19. The molecule has 1 saturated carbocycles. The Bertz CT molecular complexity index is 473. The van der Waals surface area contributed by atoms with E-state index in [1.54, 1.807) is 6.92 Å². The van der Waals surface area contributed by atoms with E-state index in [9.17, 15) is 4.79 Å². The van der Waals surface area contributed by atoms with E-state index in [-0.39, 0.29) is 11.9 Å². The number of nitrogens with one attached hydrogen (secondary N) is 1. The Morgan fingerprint density at radius 3 is 2.65 bits per heavy atom. The smallest absolute Gasteiger partial charge is 0.244 e. The molecule has 5 N–H and O–H groups in total. The summed E-state index contributed by atoms with van der Waals surface area (Å²) in [5.74, 6) is 0.241. The van der Waals surface area contributed by atoms with Crippen LogP contribution in [0.3, 0.4) is 0 Å². The lowest BCUT2D eigenvalue weighted by Gasteiger charge is -2.28. The van der Waals surface area contributed by atoms with Gasteiger partial charge in [-0.2, -0.15) is 0 Å². The largest absolute Gasteiger partial charge is 0.351 e. The number of carbonyl (C=O) groups is 1. The van der Waals surface area contributed by atoms with Crippen molar-refractivity contribution < 1.29 is 4.79 Å². The van der Waals surface area contributed by atoms with Crippen LogP contribution in [0, 0.1) is 5.92 Å². The van der Waals surface area contributed by atoms with E-state index >= 15 is 0 Å². The maximum absolute atomic E-state index is 12.5. The average molecular weight is 340 g/mol. The molecule has 0 spiro atoms. The molecule has 0 aromatic heterocycles. The Labute approximate surface area is 128 Å². The first-order valence-electron chi connectivity index (χ1n) is 7.01. The molecule has 1 aromatic rings. The molecule has 0 radical (unpaired) electrons. The molecule has 4 nitrogen and oxygen atoms in total. The lowest BCUT2D eigenvalue weighted by atomic mass is 9.91. The average Bonchev–Trinajstić information content (AvgIpc) is 2.86. The predicted molar refractivity (Wildman–Crippen MR) is 84.0 cm³/mol. The standard InChI is InChI=1S/C15H22BrN3O/c1-15(18,11-5-7-12(16)8-6-11)14(20)19-13-4-2-3-10(13)9-17/h5-8,10,13H,2-4,9,17-18H2,1H3,(H,19,20). The van der Waals surface area contributed by atoms with Crippen molar-refractivity contribution in [2.24, 2.45) is 17.4 Å². The van der Waals surface area contributed by atoms with Crippen LogP contribution in [0.15, 0.2) is 28.7 Å². The van der Waals surface area contributed by atoms with Gasteiger partial charge in [-0.15, -0.1) is 0 Å². The van der Waals surface area contributed by atoms with Gasteiger partial charge in [-0.25, -0.2) is 0 Å². The molecule has 2 rings (SSSR count). The molecule has 1 aliphatic rings. The van der Waals surface area contributed by atoms with Gasteiger partial charge in [0.2, 0.25) is 5.91 Å². The van der Waals surface area contributed by atoms with Gasteiger partial charge in [-0.1, -0.05) is 34.5 Å². The highest BCUT2D eigenvalue weighted by atomic mass is 79.9. The number of benzene rings is 1. The molecule has 3 unspecified atom stereocenters. The normalized spacial score (nSPS) is 25.2. The zero-order valence-corrected chi connectivity index (χ0v) is 13.3. The number of amides is 1. The van der Waals surface area contributed by atoms with Crippen molar-refractivity contribution in [2.75, 3.05) is 6.54 Å². The monoisotopic (exact) mass is 339 g/mol. The maximum Gasteiger partial charge on any atom is 0.244 e. The molecule has 1 aromatic carbocycles. The number of hydrogen-bond acceptors (Lipinski definition) is 3. The molecule has 1 aliphatic carbocycles.